The molecule has 0 bridgehead atoms. The zero-order chi connectivity index (χ0) is 24.0. The fraction of sp³-hybridized carbons (Fsp3) is 0.615. The third-order valence-corrected chi connectivity index (χ3v) is 10.6. The van der Waals surface area contributed by atoms with Gasteiger partial charge in [-0.2, -0.15) is 0 Å². The predicted molar refractivity (Wildman–Crippen MR) is 121 cm³/mol. The van der Waals surface area contributed by atoms with Crippen LogP contribution in [0.1, 0.15) is 50.7 Å². The van der Waals surface area contributed by atoms with Crippen LogP contribution in [-0.2, 0) is 19.1 Å². The van der Waals surface area contributed by atoms with E-state index in [1.54, 1.807) is 17.5 Å². The molecule has 4 aliphatic carbocycles. The van der Waals surface area contributed by atoms with Gasteiger partial charge in [0.15, 0.2) is 23.5 Å². The first-order valence-corrected chi connectivity index (χ1v) is 12.9. The van der Waals surface area contributed by atoms with Crippen LogP contribution in [0.2, 0.25) is 0 Å². The lowest BCUT2D eigenvalue weighted by Crippen LogP contribution is -2.63. The van der Waals surface area contributed by atoms with Crippen LogP contribution in [0.25, 0.3) is 0 Å². The number of rotatable bonds is 3. The lowest BCUT2D eigenvalue weighted by Gasteiger charge is -2.59. The molecule has 0 unspecified atom stereocenters. The molecule has 1 aromatic rings. The van der Waals surface area contributed by atoms with Gasteiger partial charge in [0, 0.05) is 16.7 Å². The predicted octanol–water partition coefficient (Wildman–Crippen LogP) is 3.49. The molecule has 182 valence electrons. The van der Waals surface area contributed by atoms with Crippen LogP contribution in [0.3, 0.4) is 0 Å². The Kier molecular flexibility index (Phi) is 4.95. The molecule has 0 radical (unpaired) electrons. The molecule has 4 fully saturated rings. The number of thiophene rings is 1. The van der Waals surface area contributed by atoms with Gasteiger partial charge in [0.25, 0.3) is 0 Å². The van der Waals surface area contributed by atoms with Crippen molar-refractivity contribution >= 4 is 22.9 Å². The standard InChI is InChI=1S/C26H29FO6S/c1-24-7-5-14(29)9-13(24)3-4-15-16-10-20-26(19(31)12-28,25(16,2)11-18(30)21(15)24)33-23(32-20)22-17(27)6-8-34-22/h5-9,15-16,18,20-21,23,28,30H,3-4,10-12H2,1-2H3/t15-,16-,18-,20+,21+,23-,24-,25-,26+/m0/s1. The Morgan fingerprint density at radius 1 is 1.35 bits per heavy atom. The molecule has 9 atom stereocenters. The summed E-state index contributed by atoms with van der Waals surface area (Å²) in [6, 6.07) is 1.34. The topological polar surface area (TPSA) is 93.1 Å². The van der Waals surface area contributed by atoms with Crippen LogP contribution >= 0.6 is 11.3 Å². The van der Waals surface area contributed by atoms with E-state index in [1.807, 2.05) is 13.0 Å². The number of hydrogen-bond acceptors (Lipinski definition) is 7. The third kappa shape index (κ3) is 2.69. The largest absolute Gasteiger partial charge is 0.393 e. The number of fused-ring (bicyclic) bond motifs is 7. The van der Waals surface area contributed by atoms with Gasteiger partial charge < -0.3 is 19.7 Å². The molecule has 2 heterocycles. The monoisotopic (exact) mass is 488 g/mol. The average Bonchev–Trinajstić information content (AvgIpc) is 3.45. The van der Waals surface area contributed by atoms with Crippen LogP contribution in [-0.4, -0.2) is 46.2 Å². The van der Waals surface area contributed by atoms with E-state index >= 15 is 0 Å². The van der Waals surface area contributed by atoms with Crippen molar-refractivity contribution in [1.29, 1.82) is 0 Å². The zero-order valence-electron chi connectivity index (χ0n) is 19.2. The van der Waals surface area contributed by atoms with Crippen LogP contribution in [0.15, 0.2) is 35.2 Å². The maximum atomic E-state index is 14.4. The van der Waals surface area contributed by atoms with Gasteiger partial charge >= 0.3 is 0 Å². The van der Waals surface area contributed by atoms with E-state index < -0.39 is 53.1 Å². The van der Waals surface area contributed by atoms with E-state index in [2.05, 4.69) is 6.92 Å². The second kappa shape index (κ2) is 7.40. The number of carbonyl (C=O) groups excluding carboxylic acids is 2. The van der Waals surface area contributed by atoms with Gasteiger partial charge in [-0.3, -0.25) is 9.59 Å². The second-order valence-corrected chi connectivity index (χ2v) is 11.9. The van der Waals surface area contributed by atoms with Gasteiger partial charge in [0.1, 0.15) is 12.4 Å². The maximum Gasteiger partial charge on any atom is 0.197 e. The molecule has 3 saturated carbocycles. The molecular formula is C26H29FO6S. The normalized spacial score (nSPS) is 47.0. The molecule has 1 aromatic heterocycles. The highest BCUT2D eigenvalue weighted by molar-refractivity contribution is 7.10. The Bertz CT molecular complexity index is 1130. The number of halogens is 1. The minimum absolute atomic E-state index is 0.0138. The Balaban J connectivity index is 1.41. The maximum absolute atomic E-state index is 14.4. The van der Waals surface area contributed by atoms with Crippen LogP contribution in [0, 0.1) is 34.4 Å². The molecule has 8 heteroatoms. The SMILES string of the molecule is C[C@]12C=CC(=O)C=C1CC[C@@H]1[C@@H]2[C@@H](O)C[C@@]2(C)[C@H]1C[C@H]1O[C@H](c3sccc3F)O[C@]12C(=O)CO. The van der Waals surface area contributed by atoms with Gasteiger partial charge in [0.05, 0.1) is 17.1 Å². The van der Waals surface area contributed by atoms with Crippen molar-refractivity contribution in [3.05, 3.63) is 45.9 Å². The van der Waals surface area contributed by atoms with E-state index in [0.717, 1.165) is 18.4 Å². The van der Waals surface area contributed by atoms with Gasteiger partial charge in [-0.1, -0.05) is 25.5 Å². The number of Topliss-reactive ketones (excluding diaryl/α,β-unsaturated/α-hetero) is 1. The molecular weight excluding hydrogens is 459 g/mol. The van der Waals surface area contributed by atoms with Crippen molar-refractivity contribution in [2.75, 3.05) is 6.61 Å². The Morgan fingerprint density at radius 2 is 2.15 bits per heavy atom. The van der Waals surface area contributed by atoms with Crippen molar-refractivity contribution in [1.82, 2.24) is 0 Å². The number of ketones is 2. The van der Waals surface area contributed by atoms with E-state index in [9.17, 15) is 24.2 Å². The molecule has 6 nitrogen and oxygen atoms in total. The number of aliphatic hydroxyl groups is 2. The summed E-state index contributed by atoms with van der Waals surface area (Å²) in [7, 11) is 0. The zero-order valence-corrected chi connectivity index (χ0v) is 20.0. The van der Waals surface area contributed by atoms with Crippen molar-refractivity contribution in [2.45, 2.75) is 63.6 Å². The summed E-state index contributed by atoms with van der Waals surface area (Å²) in [5.41, 5.74) is -1.60. The Labute approximate surface area is 201 Å². The Morgan fingerprint density at radius 3 is 2.85 bits per heavy atom. The summed E-state index contributed by atoms with van der Waals surface area (Å²) >= 11 is 1.17. The third-order valence-electron chi connectivity index (χ3n) is 9.65. The lowest BCUT2D eigenvalue weighted by atomic mass is 9.46. The van der Waals surface area contributed by atoms with Crippen molar-refractivity contribution < 1.29 is 33.7 Å². The molecule has 0 amide bonds. The highest BCUT2D eigenvalue weighted by Crippen LogP contribution is 2.70. The minimum atomic E-state index is -1.45. The number of hydrogen-bond donors (Lipinski definition) is 2. The van der Waals surface area contributed by atoms with Crippen LogP contribution in [0.4, 0.5) is 4.39 Å². The molecule has 0 spiro atoms. The quantitative estimate of drug-likeness (QED) is 0.677. The molecule has 5 aliphatic rings. The summed E-state index contributed by atoms with van der Waals surface area (Å²) in [4.78, 5) is 25.7. The first-order chi connectivity index (χ1) is 16.2. The summed E-state index contributed by atoms with van der Waals surface area (Å²) in [6.07, 6.45) is 5.26. The molecule has 0 aromatic carbocycles. The summed E-state index contributed by atoms with van der Waals surface area (Å²) in [5, 5.41) is 23.2. The van der Waals surface area contributed by atoms with E-state index in [-0.39, 0.29) is 28.4 Å². The highest BCUT2D eigenvalue weighted by atomic mass is 32.1. The van der Waals surface area contributed by atoms with Gasteiger partial charge in [0.2, 0.25) is 0 Å². The fourth-order valence-corrected chi connectivity index (χ4v) is 9.01. The highest BCUT2D eigenvalue weighted by Gasteiger charge is 2.76. The van der Waals surface area contributed by atoms with E-state index in [0.29, 0.717) is 12.8 Å². The molecule has 1 aliphatic heterocycles. The van der Waals surface area contributed by atoms with Crippen LogP contribution in [0.5, 0.6) is 0 Å². The average molecular weight is 489 g/mol. The van der Waals surface area contributed by atoms with Crippen LogP contribution < -0.4 is 0 Å². The number of ether oxygens (including phenoxy) is 2. The van der Waals surface area contributed by atoms with Gasteiger partial charge in [-0.15, -0.1) is 11.3 Å². The first kappa shape index (κ1) is 22.7. The van der Waals surface area contributed by atoms with Crippen molar-refractivity contribution in [3.63, 3.8) is 0 Å². The first-order valence-electron chi connectivity index (χ1n) is 12.0. The van der Waals surface area contributed by atoms with Gasteiger partial charge in [-0.25, -0.2) is 4.39 Å². The molecule has 1 saturated heterocycles. The van der Waals surface area contributed by atoms with Crippen molar-refractivity contribution in [2.24, 2.45) is 28.6 Å². The second-order valence-electron chi connectivity index (χ2n) is 11.0. The van der Waals surface area contributed by atoms with Crippen molar-refractivity contribution in [3.8, 4) is 0 Å². The number of aliphatic hydroxyl groups excluding tert-OH is 2. The van der Waals surface area contributed by atoms with Gasteiger partial charge in [-0.05, 0) is 61.1 Å². The molecule has 2 N–H and O–H groups in total. The van der Waals surface area contributed by atoms with E-state index in [4.69, 9.17) is 9.47 Å². The summed E-state index contributed by atoms with van der Waals surface area (Å²) in [5.74, 6) is -0.923. The number of allylic oxidation sites excluding steroid dienone is 4. The molecule has 34 heavy (non-hydrogen) atoms. The minimum Gasteiger partial charge on any atom is -0.393 e. The Hall–Kier alpha value is -1.71. The summed E-state index contributed by atoms with van der Waals surface area (Å²) < 4.78 is 26.9. The fourth-order valence-electron chi connectivity index (χ4n) is 8.28. The summed E-state index contributed by atoms with van der Waals surface area (Å²) in [6.45, 7) is 3.36. The number of carbonyl (C=O) groups is 2. The molecule has 6 rings (SSSR count). The smallest absolute Gasteiger partial charge is 0.197 e. The van der Waals surface area contributed by atoms with E-state index in [1.165, 1.54) is 17.4 Å². The lowest BCUT2D eigenvalue weighted by molar-refractivity contribution is -0.200.